The van der Waals surface area contributed by atoms with Gasteiger partial charge < -0.3 is 0 Å². The van der Waals surface area contributed by atoms with Crippen LogP contribution in [0.25, 0.3) is 10.6 Å². The highest BCUT2D eigenvalue weighted by Crippen LogP contribution is 2.30. The van der Waals surface area contributed by atoms with Gasteiger partial charge in [-0.2, -0.15) is 0 Å². The van der Waals surface area contributed by atoms with Gasteiger partial charge in [-0.15, -0.1) is 11.3 Å². The minimum Gasteiger partial charge on any atom is -0.241 e. The molecule has 1 aromatic heterocycles. The molecule has 0 saturated carbocycles. The van der Waals surface area contributed by atoms with Crippen molar-refractivity contribution in [1.29, 1.82) is 0 Å². The molecule has 0 aliphatic rings. The molecule has 1 aromatic carbocycles. The van der Waals surface area contributed by atoms with Gasteiger partial charge in [0.2, 0.25) is 0 Å². The van der Waals surface area contributed by atoms with Crippen molar-refractivity contribution in [3.63, 3.8) is 0 Å². The Kier molecular flexibility index (Phi) is 2.91. The molecule has 0 aliphatic heterocycles. The lowest BCUT2D eigenvalue weighted by atomic mass is 10.2. The number of aryl methyl sites for hydroxylation is 1. The van der Waals surface area contributed by atoms with Crippen molar-refractivity contribution in [2.45, 2.75) is 6.92 Å². The van der Waals surface area contributed by atoms with Crippen LogP contribution in [0.4, 0.5) is 0 Å². The van der Waals surface area contributed by atoms with Gasteiger partial charge in [-0.05, 0) is 35.0 Å². The highest BCUT2D eigenvalue weighted by molar-refractivity contribution is 9.10. The standard InChI is InChI=1S/C10H7BrClNS/c1-6-5-14-10(13-6)7-2-3-9(12)8(11)4-7/h2-5H,1H3. The van der Waals surface area contributed by atoms with Crippen molar-refractivity contribution < 1.29 is 0 Å². The Hall–Kier alpha value is -0.380. The first-order valence-electron chi connectivity index (χ1n) is 4.04. The summed E-state index contributed by atoms with van der Waals surface area (Å²) in [6.45, 7) is 1.99. The molecule has 1 heterocycles. The maximum Gasteiger partial charge on any atom is 0.123 e. The second-order valence-electron chi connectivity index (χ2n) is 2.92. The Labute approximate surface area is 99.9 Å². The van der Waals surface area contributed by atoms with Crippen LogP contribution in [0.15, 0.2) is 28.1 Å². The molecule has 0 aliphatic carbocycles. The Morgan fingerprint density at radius 1 is 1.43 bits per heavy atom. The quantitative estimate of drug-likeness (QED) is 0.751. The van der Waals surface area contributed by atoms with Crippen LogP contribution in [0.2, 0.25) is 5.02 Å². The fraction of sp³-hybridized carbons (Fsp3) is 0.100. The van der Waals surface area contributed by atoms with Gasteiger partial charge in [0.15, 0.2) is 0 Å². The lowest BCUT2D eigenvalue weighted by Crippen LogP contribution is -1.77. The lowest BCUT2D eigenvalue weighted by Gasteiger charge is -1.98. The second-order valence-corrected chi connectivity index (χ2v) is 5.04. The van der Waals surface area contributed by atoms with Crippen molar-refractivity contribution in [3.05, 3.63) is 38.8 Å². The molecule has 14 heavy (non-hydrogen) atoms. The molecule has 0 unspecified atom stereocenters. The molecule has 0 radical (unpaired) electrons. The van der Waals surface area contributed by atoms with Crippen LogP contribution in [0.1, 0.15) is 5.69 Å². The summed E-state index contributed by atoms with van der Waals surface area (Å²) < 4.78 is 0.907. The van der Waals surface area contributed by atoms with E-state index >= 15 is 0 Å². The molecule has 0 N–H and O–H groups in total. The number of hydrogen-bond donors (Lipinski definition) is 0. The fourth-order valence-electron chi connectivity index (χ4n) is 1.12. The van der Waals surface area contributed by atoms with E-state index in [1.807, 2.05) is 30.5 Å². The van der Waals surface area contributed by atoms with E-state index in [1.165, 1.54) is 0 Å². The maximum absolute atomic E-state index is 5.91. The Balaban J connectivity index is 2.47. The van der Waals surface area contributed by atoms with Crippen molar-refractivity contribution in [1.82, 2.24) is 4.98 Å². The topological polar surface area (TPSA) is 12.9 Å². The van der Waals surface area contributed by atoms with E-state index in [2.05, 4.69) is 20.9 Å². The fourth-order valence-corrected chi connectivity index (χ4v) is 2.41. The van der Waals surface area contributed by atoms with Gasteiger partial charge in [-0.25, -0.2) is 4.98 Å². The van der Waals surface area contributed by atoms with Crippen LogP contribution in [0, 0.1) is 6.92 Å². The summed E-state index contributed by atoms with van der Waals surface area (Å²) in [5.41, 5.74) is 2.15. The van der Waals surface area contributed by atoms with Gasteiger partial charge in [0, 0.05) is 21.1 Å². The van der Waals surface area contributed by atoms with Crippen LogP contribution in [-0.2, 0) is 0 Å². The first-order chi connectivity index (χ1) is 6.66. The van der Waals surface area contributed by atoms with E-state index in [0.717, 1.165) is 25.8 Å². The van der Waals surface area contributed by atoms with Gasteiger partial charge >= 0.3 is 0 Å². The zero-order valence-corrected chi connectivity index (χ0v) is 10.6. The van der Waals surface area contributed by atoms with Crippen LogP contribution in [-0.4, -0.2) is 4.98 Å². The predicted octanol–water partition coefficient (Wildman–Crippen LogP) is 4.53. The number of hydrogen-bond acceptors (Lipinski definition) is 2. The summed E-state index contributed by atoms with van der Waals surface area (Å²) in [7, 11) is 0. The van der Waals surface area contributed by atoms with Crippen LogP contribution < -0.4 is 0 Å². The molecule has 2 rings (SSSR count). The third kappa shape index (κ3) is 2.00. The third-order valence-electron chi connectivity index (χ3n) is 1.79. The largest absolute Gasteiger partial charge is 0.241 e. The van der Waals surface area contributed by atoms with Crippen LogP contribution >= 0.6 is 38.9 Å². The smallest absolute Gasteiger partial charge is 0.123 e. The summed E-state index contributed by atoms with van der Waals surface area (Å²) in [4.78, 5) is 4.41. The van der Waals surface area contributed by atoms with E-state index in [9.17, 15) is 0 Å². The number of thiazole rings is 1. The minimum absolute atomic E-state index is 0.724. The predicted molar refractivity (Wildman–Crippen MR) is 65.0 cm³/mol. The monoisotopic (exact) mass is 287 g/mol. The van der Waals surface area contributed by atoms with Gasteiger partial charge in [-0.1, -0.05) is 17.7 Å². The van der Waals surface area contributed by atoms with E-state index in [-0.39, 0.29) is 0 Å². The van der Waals surface area contributed by atoms with Gasteiger partial charge in [-0.3, -0.25) is 0 Å². The third-order valence-corrected chi connectivity index (χ3v) is 4.01. The Bertz CT molecular complexity index is 467. The van der Waals surface area contributed by atoms with Crippen LogP contribution in [0.3, 0.4) is 0 Å². The van der Waals surface area contributed by atoms with Crippen molar-refractivity contribution in [3.8, 4) is 10.6 Å². The van der Waals surface area contributed by atoms with Crippen molar-refractivity contribution in [2.24, 2.45) is 0 Å². The molecular weight excluding hydrogens is 282 g/mol. The van der Waals surface area contributed by atoms with Crippen molar-refractivity contribution >= 4 is 38.9 Å². The highest BCUT2D eigenvalue weighted by Gasteiger charge is 2.04. The number of halogens is 2. The molecule has 0 saturated heterocycles. The van der Waals surface area contributed by atoms with Crippen LogP contribution in [0.5, 0.6) is 0 Å². The van der Waals surface area contributed by atoms with E-state index in [4.69, 9.17) is 11.6 Å². The molecule has 1 nitrogen and oxygen atoms in total. The molecule has 0 bridgehead atoms. The number of nitrogens with zero attached hydrogens (tertiary/aromatic N) is 1. The average molecular weight is 289 g/mol. The van der Waals surface area contributed by atoms with E-state index in [0.29, 0.717) is 0 Å². The molecule has 4 heteroatoms. The summed E-state index contributed by atoms with van der Waals surface area (Å²) in [5.74, 6) is 0. The molecule has 2 aromatic rings. The zero-order valence-electron chi connectivity index (χ0n) is 7.42. The normalized spacial score (nSPS) is 10.5. The van der Waals surface area contributed by atoms with Gasteiger partial charge in [0.25, 0.3) is 0 Å². The Morgan fingerprint density at radius 3 is 2.79 bits per heavy atom. The van der Waals surface area contributed by atoms with E-state index < -0.39 is 0 Å². The average Bonchev–Trinajstić information content (AvgIpc) is 2.57. The summed E-state index contributed by atoms with van der Waals surface area (Å²) in [6.07, 6.45) is 0. The summed E-state index contributed by atoms with van der Waals surface area (Å²) >= 11 is 10.9. The first kappa shape index (κ1) is 10.1. The minimum atomic E-state index is 0.724. The maximum atomic E-state index is 5.91. The lowest BCUT2D eigenvalue weighted by molar-refractivity contribution is 1.27. The molecule has 0 atom stereocenters. The highest BCUT2D eigenvalue weighted by atomic mass is 79.9. The second kappa shape index (κ2) is 4.01. The zero-order chi connectivity index (χ0) is 10.1. The number of benzene rings is 1. The summed E-state index contributed by atoms with van der Waals surface area (Å²) in [5, 5.41) is 3.79. The molecule has 0 spiro atoms. The van der Waals surface area contributed by atoms with E-state index in [1.54, 1.807) is 11.3 Å². The number of rotatable bonds is 1. The van der Waals surface area contributed by atoms with Gasteiger partial charge in [0.1, 0.15) is 5.01 Å². The summed E-state index contributed by atoms with van der Waals surface area (Å²) in [6, 6.07) is 5.84. The molecule has 0 fully saturated rings. The van der Waals surface area contributed by atoms with Crippen molar-refractivity contribution in [2.75, 3.05) is 0 Å². The molecular formula is C10H7BrClNS. The number of aromatic nitrogens is 1. The first-order valence-corrected chi connectivity index (χ1v) is 6.09. The molecule has 0 amide bonds. The Morgan fingerprint density at radius 2 is 2.21 bits per heavy atom. The molecule has 72 valence electrons. The SMILES string of the molecule is Cc1csc(-c2ccc(Cl)c(Br)c2)n1. The van der Waals surface area contributed by atoms with Gasteiger partial charge in [0.05, 0.1) is 5.02 Å².